The van der Waals surface area contributed by atoms with Gasteiger partial charge in [-0.1, -0.05) is 23.2 Å². The first-order valence-electron chi connectivity index (χ1n) is 6.00. The monoisotopic (exact) mass is 294 g/mol. The highest BCUT2D eigenvalue weighted by molar-refractivity contribution is 6.42. The summed E-state index contributed by atoms with van der Waals surface area (Å²) in [6, 6.07) is 5.20. The molecule has 0 heterocycles. The second kappa shape index (κ2) is 9.42. The van der Waals surface area contributed by atoms with Crippen LogP contribution in [-0.4, -0.2) is 39.5 Å². The minimum absolute atomic E-state index is 0.498. The van der Waals surface area contributed by atoms with Crippen molar-refractivity contribution >= 4 is 23.2 Å². The average molecular weight is 295 g/mol. The predicted octanol–water partition coefficient (Wildman–Crippen LogP) is 0.194. The maximum atomic E-state index is 5.87. The van der Waals surface area contributed by atoms with E-state index in [2.05, 4.69) is 11.1 Å². The van der Waals surface area contributed by atoms with Gasteiger partial charge in [0.1, 0.15) is 25.4 Å². The molecule has 0 aliphatic carbocycles. The number of rotatable bonds is 9. The van der Waals surface area contributed by atoms with Gasteiger partial charge in [0.25, 0.3) is 0 Å². The zero-order valence-corrected chi connectivity index (χ0v) is 11.8. The van der Waals surface area contributed by atoms with E-state index in [0.717, 1.165) is 26.2 Å². The number of ether oxygens (including phenoxy) is 2. The minimum Gasteiger partial charge on any atom is -0.491 e. The molecule has 0 amide bonds. The summed E-state index contributed by atoms with van der Waals surface area (Å²) in [5.41, 5.74) is 3.77. The highest BCUT2D eigenvalue weighted by atomic mass is 35.5. The molecule has 0 aromatic heterocycles. The molecule has 5 N–H and O–H groups in total. The van der Waals surface area contributed by atoms with E-state index in [4.69, 9.17) is 32.7 Å². The lowest BCUT2D eigenvalue weighted by Gasteiger charge is -2.07. The molecule has 0 aliphatic rings. The van der Waals surface area contributed by atoms with Gasteiger partial charge < -0.3 is 20.5 Å². The molecule has 0 spiro atoms. The number of quaternary nitrogens is 2. The largest absolute Gasteiger partial charge is 0.491 e. The molecule has 1 rings (SSSR count). The Kier molecular flexibility index (Phi) is 8.13. The van der Waals surface area contributed by atoms with Crippen LogP contribution >= 0.6 is 23.2 Å². The van der Waals surface area contributed by atoms with Crippen LogP contribution in [0.1, 0.15) is 0 Å². The average Bonchev–Trinajstić information content (AvgIpc) is 2.37. The molecule has 1 aromatic rings. The van der Waals surface area contributed by atoms with Crippen LogP contribution in [0.4, 0.5) is 0 Å². The van der Waals surface area contributed by atoms with Crippen molar-refractivity contribution in [1.29, 1.82) is 0 Å². The maximum absolute atomic E-state index is 5.87. The van der Waals surface area contributed by atoms with E-state index in [1.165, 1.54) is 0 Å². The summed E-state index contributed by atoms with van der Waals surface area (Å²) in [7, 11) is 0. The van der Waals surface area contributed by atoms with Crippen molar-refractivity contribution in [1.82, 2.24) is 0 Å². The topological polar surface area (TPSA) is 62.7 Å². The Hall–Kier alpha value is -0.520. The molecule has 0 saturated carbocycles. The van der Waals surface area contributed by atoms with E-state index in [0.29, 0.717) is 29.0 Å². The number of hydrogen-bond acceptors (Lipinski definition) is 2. The molecule has 1 aromatic carbocycles. The quantitative estimate of drug-likeness (QED) is 0.639. The minimum atomic E-state index is 0.498. The molecule has 0 radical (unpaired) electrons. The standard InChI is InChI=1S/C12H18Cl2N2O2/c13-11-2-1-10(9-12(11)14)18-8-7-17-6-5-16-4-3-15/h1-2,9,16H,3-8,15H2/p+2. The second-order valence-corrected chi connectivity index (χ2v) is 4.57. The summed E-state index contributed by atoms with van der Waals surface area (Å²) in [6.45, 7) is 4.75. The summed E-state index contributed by atoms with van der Waals surface area (Å²) < 4.78 is 10.9. The van der Waals surface area contributed by atoms with Gasteiger partial charge in [-0.25, -0.2) is 0 Å². The summed E-state index contributed by atoms with van der Waals surface area (Å²) in [5.74, 6) is 0.705. The van der Waals surface area contributed by atoms with Crippen LogP contribution in [0.3, 0.4) is 0 Å². The summed E-state index contributed by atoms with van der Waals surface area (Å²) in [4.78, 5) is 0. The first-order valence-corrected chi connectivity index (χ1v) is 6.76. The fourth-order valence-electron chi connectivity index (χ4n) is 1.34. The van der Waals surface area contributed by atoms with Crippen molar-refractivity contribution in [3.8, 4) is 5.75 Å². The van der Waals surface area contributed by atoms with Crippen LogP contribution in [0, 0.1) is 0 Å². The van der Waals surface area contributed by atoms with Crippen molar-refractivity contribution in [3.05, 3.63) is 28.2 Å². The van der Waals surface area contributed by atoms with Gasteiger partial charge in [-0.3, -0.25) is 0 Å². The molecule has 4 nitrogen and oxygen atoms in total. The molecule has 0 unspecified atom stereocenters. The zero-order chi connectivity index (χ0) is 13.2. The summed E-state index contributed by atoms with van der Waals surface area (Å²) >= 11 is 11.7. The summed E-state index contributed by atoms with van der Waals surface area (Å²) in [5, 5.41) is 3.21. The van der Waals surface area contributed by atoms with Crippen molar-refractivity contribution < 1.29 is 20.5 Å². The van der Waals surface area contributed by atoms with E-state index < -0.39 is 0 Å². The van der Waals surface area contributed by atoms with Crippen molar-refractivity contribution in [2.45, 2.75) is 0 Å². The van der Waals surface area contributed by atoms with Gasteiger partial charge >= 0.3 is 0 Å². The van der Waals surface area contributed by atoms with Gasteiger partial charge in [-0.05, 0) is 12.1 Å². The molecular weight excluding hydrogens is 275 g/mol. The number of nitrogens with two attached hydrogens (primary N) is 1. The zero-order valence-electron chi connectivity index (χ0n) is 10.3. The van der Waals surface area contributed by atoms with Gasteiger partial charge in [-0.15, -0.1) is 0 Å². The molecule has 0 aliphatic heterocycles. The number of benzene rings is 1. The Morgan fingerprint density at radius 3 is 2.61 bits per heavy atom. The predicted molar refractivity (Wildman–Crippen MR) is 72.2 cm³/mol. The lowest BCUT2D eigenvalue weighted by Crippen LogP contribution is -2.88. The Morgan fingerprint density at radius 1 is 1.06 bits per heavy atom. The van der Waals surface area contributed by atoms with Gasteiger partial charge in [-0.2, -0.15) is 0 Å². The van der Waals surface area contributed by atoms with Crippen LogP contribution in [-0.2, 0) is 4.74 Å². The van der Waals surface area contributed by atoms with E-state index >= 15 is 0 Å². The third-order valence-electron chi connectivity index (χ3n) is 2.26. The summed E-state index contributed by atoms with van der Waals surface area (Å²) in [6.07, 6.45) is 0. The normalized spacial score (nSPS) is 10.6. The van der Waals surface area contributed by atoms with Crippen LogP contribution in [0.5, 0.6) is 5.75 Å². The van der Waals surface area contributed by atoms with Crippen LogP contribution in [0.15, 0.2) is 18.2 Å². The highest BCUT2D eigenvalue weighted by Crippen LogP contribution is 2.26. The number of hydrogen-bond donors (Lipinski definition) is 2. The molecule has 0 atom stereocenters. The Labute approximate surface area is 117 Å². The Bertz CT molecular complexity index is 351. The van der Waals surface area contributed by atoms with Gasteiger partial charge in [0.15, 0.2) is 0 Å². The molecule has 6 heteroatoms. The Balaban J connectivity index is 2.05. The lowest BCUT2D eigenvalue weighted by molar-refractivity contribution is -0.671. The Morgan fingerprint density at radius 2 is 1.89 bits per heavy atom. The molecular formula is C12H20Cl2N2O2+2. The van der Waals surface area contributed by atoms with E-state index in [1.54, 1.807) is 18.2 Å². The van der Waals surface area contributed by atoms with Gasteiger partial charge in [0.2, 0.25) is 0 Å². The third kappa shape index (κ3) is 6.42. The van der Waals surface area contributed by atoms with E-state index in [-0.39, 0.29) is 0 Å². The first kappa shape index (κ1) is 15.5. The van der Waals surface area contributed by atoms with Crippen molar-refractivity contribution in [2.75, 3.05) is 39.5 Å². The molecule has 0 fully saturated rings. The van der Waals surface area contributed by atoms with Crippen LogP contribution < -0.4 is 15.8 Å². The van der Waals surface area contributed by atoms with Crippen molar-refractivity contribution in [3.63, 3.8) is 0 Å². The number of halogens is 2. The SMILES string of the molecule is [NH3+]CC[NH2+]CCOCCOc1ccc(Cl)c(Cl)c1. The highest BCUT2D eigenvalue weighted by Gasteiger charge is 2.00. The first-order chi connectivity index (χ1) is 8.74. The fourth-order valence-corrected chi connectivity index (χ4v) is 1.63. The molecule has 0 saturated heterocycles. The van der Waals surface area contributed by atoms with Gasteiger partial charge in [0, 0.05) is 6.07 Å². The molecule has 0 bridgehead atoms. The third-order valence-corrected chi connectivity index (χ3v) is 3.00. The maximum Gasteiger partial charge on any atom is 0.125 e. The van der Waals surface area contributed by atoms with Crippen LogP contribution in [0.2, 0.25) is 10.0 Å². The smallest absolute Gasteiger partial charge is 0.125 e. The van der Waals surface area contributed by atoms with E-state index in [1.807, 2.05) is 0 Å². The molecule has 102 valence electrons. The fraction of sp³-hybridized carbons (Fsp3) is 0.500. The van der Waals surface area contributed by atoms with Crippen LogP contribution in [0.25, 0.3) is 0 Å². The van der Waals surface area contributed by atoms with Gasteiger partial charge in [0.05, 0.1) is 29.8 Å². The molecule has 18 heavy (non-hydrogen) atoms. The second-order valence-electron chi connectivity index (χ2n) is 3.76. The lowest BCUT2D eigenvalue weighted by atomic mass is 10.3. The van der Waals surface area contributed by atoms with Crippen molar-refractivity contribution in [2.24, 2.45) is 0 Å². The van der Waals surface area contributed by atoms with E-state index in [9.17, 15) is 0 Å².